The summed E-state index contributed by atoms with van der Waals surface area (Å²) in [6.07, 6.45) is 6.55. The molecule has 0 N–H and O–H groups in total. The summed E-state index contributed by atoms with van der Waals surface area (Å²) in [4.78, 5) is 32.1. The van der Waals surface area contributed by atoms with Crippen LogP contribution >= 0.6 is 0 Å². The molecule has 0 aromatic heterocycles. The van der Waals surface area contributed by atoms with Crippen LogP contribution in [-0.4, -0.2) is 17.8 Å². The van der Waals surface area contributed by atoms with Gasteiger partial charge in [-0.2, -0.15) is 9.98 Å². The van der Waals surface area contributed by atoms with E-state index in [1.807, 2.05) is 91.0 Å². The molecule has 0 heterocycles. The monoisotopic (exact) mass is 410 g/mol. The molecular formula is C27H26N2O2. The molecule has 0 aliphatic carbocycles. The van der Waals surface area contributed by atoms with Crippen LogP contribution in [0.3, 0.4) is 0 Å². The Kier molecular flexibility index (Phi) is 7.45. The zero-order chi connectivity index (χ0) is 22.0. The van der Waals surface area contributed by atoms with Gasteiger partial charge in [-0.3, -0.25) is 0 Å². The van der Waals surface area contributed by atoms with Gasteiger partial charge < -0.3 is 0 Å². The van der Waals surface area contributed by atoms with Gasteiger partial charge in [0.25, 0.3) is 0 Å². The summed E-state index contributed by atoms with van der Waals surface area (Å²) in [7, 11) is 0. The maximum Gasteiger partial charge on any atom is 0.237 e. The molecule has 3 aromatic carbocycles. The summed E-state index contributed by atoms with van der Waals surface area (Å²) < 4.78 is 0. The molecule has 0 bridgehead atoms. The second kappa shape index (κ2) is 10.4. The quantitative estimate of drug-likeness (QED) is 0.179. The van der Waals surface area contributed by atoms with Gasteiger partial charge in [-0.1, -0.05) is 111 Å². The number of hydrogen-bond donors (Lipinski definition) is 0. The molecule has 0 saturated heterocycles. The van der Waals surface area contributed by atoms with E-state index in [1.165, 1.54) is 0 Å². The van der Waals surface area contributed by atoms with E-state index >= 15 is 0 Å². The molecule has 4 nitrogen and oxygen atoms in total. The molecule has 0 spiro atoms. The van der Waals surface area contributed by atoms with Crippen molar-refractivity contribution in [1.82, 2.24) is 0 Å². The largest absolute Gasteiger partial charge is 0.237 e. The standard InChI is InChI=1S/C27H26N2O2/c1-2-3-13-20-26(28-21-30,29-22-31)27(23-14-7-4-8-15-23,24-16-9-5-10-17-24)25-18-11-6-12-19-25/h4-12,14-19H,2-3,13,20H2,1H3. The van der Waals surface area contributed by atoms with Gasteiger partial charge in [0.1, 0.15) is 0 Å². The summed E-state index contributed by atoms with van der Waals surface area (Å²) in [6.45, 7) is 2.10. The maximum absolute atomic E-state index is 11.8. The lowest BCUT2D eigenvalue weighted by Crippen LogP contribution is -2.51. The number of aliphatic imine (C=N–C) groups is 2. The van der Waals surface area contributed by atoms with Crippen molar-refractivity contribution in [3.8, 4) is 0 Å². The summed E-state index contributed by atoms with van der Waals surface area (Å²) in [6, 6.07) is 29.5. The molecule has 0 fully saturated rings. The molecule has 4 heteroatoms. The van der Waals surface area contributed by atoms with Crippen molar-refractivity contribution in [2.75, 3.05) is 0 Å². The van der Waals surface area contributed by atoms with E-state index in [2.05, 4.69) is 16.9 Å². The fourth-order valence-corrected chi connectivity index (χ4v) is 4.52. The number of unbranched alkanes of at least 4 members (excludes halogenated alkanes) is 2. The van der Waals surface area contributed by atoms with Crippen LogP contribution in [0.25, 0.3) is 0 Å². The second-order valence-electron chi connectivity index (χ2n) is 7.53. The van der Waals surface area contributed by atoms with Crippen LogP contribution in [0.2, 0.25) is 0 Å². The van der Waals surface area contributed by atoms with Crippen molar-refractivity contribution >= 4 is 12.2 Å². The normalized spacial score (nSPS) is 12.8. The van der Waals surface area contributed by atoms with Crippen molar-refractivity contribution in [3.63, 3.8) is 0 Å². The van der Waals surface area contributed by atoms with E-state index < -0.39 is 11.1 Å². The number of carbonyl (C=O) groups excluding carboxylic acids is 2. The summed E-state index contributed by atoms with van der Waals surface area (Å²) in [5.41, 5.74) is 0.236. The molecule has 0 unspecified atom stereocenters. The first-order valence-corrected chi connectivity index (χ1v) is 10.6. The zero-order valence-electron chi connectivity index (χ0n) is 17.7. The second-order valence-corrected chi connectivity index (χ2v) is 7.53. The fourth-order valence-electron chi connectivity index (χ4n) is 4.52. The predicted octanol–water partition coefficient (Wildman–Crippen LogP) is 5.97. The maximum atomic E-state index is 11.8. The lowest BCUT2D eigenvalue weighted by molar-refractivity contribution is 0.282. The van der Waals surface area contributed by atoms with Crippen LogP contribution in [0.15, 0.2) is 101 Å². The number of rotatable bonds is 10. The Morgan fingerprint density at radius 2 is 1.03 bits per heavy atom. The van der Waals surface area contributed by atoms with Crippen molar-refractivity contribution in [2.24, 2.45) is 9.98 Å². The van der Waals surface area contributed by atoms with E-state index in [1.54, 1.807) is 12.2 Å². The lowest BCUT2D eigenvalue weighted by Gasteiger charge is -2.45. The third-order valence-corrected chi connectivity index (χ3v) is 5.81. The molecule has 156 valence electrons. The number of hydrogen-bond acceptors (Lipinski definition) is 4. The topological polar surface area (TPSA) is 58.9 Å². The molecule has 0 aliphatic rings. The molecule has 3 aromatic rings. The number of benzene rings is 3. The third-order valence-electron chi connectivity index (χ3n) is 5.81. The Morgan fingerprint density at radius 3 is 1.35 bits per heavy atom. The Balaban J connectivity index is 2.50. The van der Waals surface area contributed by atoms with Crippen LogP contribution < -0.4 is 0 Å². The van der Waals surface area contributed by atoms with Gasteiger partial charge in [0.2, 0.25) is 12.2 Å². The van der Waals surface area contributed by atoms with Crippen LogP contribution in [0, 0.1) is 0 Å². The number of isocyanates is 2. The average Bonchev–Trinajstić information content (AvgIpc) is 2.82. The van der Waals surface area contributed by atoms with E-state index in [0.717, 1.165) is 36.0 Å². The first-order chi connectivity index (χ1) is 15.2. The van der Waals surface area contributed by atoms with Crippen molar-refractivity contribution < 1.29 is 9.59 Å². The summed E-state index contributed by atoms with van der Waals surface area (Å²) >= 11 is 0. The van der Waals surface area contributed by atoms with Crippen LogP contribution in [0.5, 0.6) is 0 Å². The molecule has 3 rings (SSSR count). The van der Waals surface area contributed by atoms with Gasteiger partial charge in [0, 0.05) is 0 Å². The van der Waals surface area contributed by atoms with E-state index in [0.29, 0.717) is 6.42 Å². The Morgan fingerprint density at radius 1 is 0.645 bits per heavy atom. The highest BCUT2D eigenvalue weighted by molar-refractivity contribution is 5.57. The highest BCUT2D eigenvalue weighted by Crippen LogP contribution is 2.52. The highest BCUT2D eigenvalue weighted by atomic mass is 16.1. The Bertz CT molecular complexity index is 938. The van der Waals surface area contributed by atoms with Crippen LogP contribution in [0.1, 0.15) is 49.3 Å². The minimum Gasteiger partial charge on any atom is -0.211 e. The van der Waals surface area contributed by atoms with Crippen molar-refractivity contribution in [3.05, 3.63) is 108 Å². The van der Waals surface area contributed by atoms with E-state index in [9.17, 15) is 9.59 Å². The Labute approximate surface area is 183 Å². The molecule has 0 aliphatic heterocycles. The van der Waals surface area contributed by atoms with Gasteiger partial charge in [0.15, 0.2) is 5.66 Å². The van der Waals surface area contributed by atoms with Crippen LogP contribution in [0.4, 0.5) is 0 Å². The summed E-state index contributed by atoms with van der Waals surface area (Å²) in [5, 5.41) is 0. The zero-order valence-corrected chi connectivity index (χ0v) is 17.7. The molecule has 0 radical (unpaired) electrons. The molecule has 0 amide bonds. The Hall–Kier alpha value is -3.58. The van der Waals surface area contributed by atoms with Crippen molar-refractivity contribution in [1.29, 1.82) is 0 Å². The smallest absolute Gasteiger partial charge is 0.211 e. The van der Waals surface area contributed by atoms with E-state index in [4.69, 9.17) is 0 Å². The molecule has 31 heavy (non-hydrogen) atoms. The highest BCUT2D eigenvalue weighted by Gasteiger charge is 2.55. The van der Waals surface area contributed by atoms with Gasteiger partial charge >= 0.3 is 0 Å². The predicted molar refractivity (Wildman–Crippen MR) is 122 cm³/mol. The van der Waals surface area contributed by atoms with Crippen LogP contribution in [-0.2, 0) is 15.0 Å². The van der Waals surface area contributed by atoms with Crippen molar-refractivity contribution in [2.45, 2.75) is 43.7 Å². The van der Waals surface area contributed by atoms with E-state index in [-0.39, 0.29) is 0 Å². The lowest BCUT2D eigenvalue weighted by atomic mass is 9.60. The molecule has 0 saturated carbocycles. The summed E-state index contributed by atoms with van der Waals surface area (Å²) in [5.74, 6) is 0. The van der Waals surface area contributed by atoms with Gasteiger partial charge in [-0.25, -0.2) is 9.59 Å². The van der Waals surface area contributed by atoms with Gasteiger partial charge in [-0.05, 0) is 29.5 Å². The minimum absolute atomic E-state index is 0.407. The SMILES string of the molecule is CCCCCC(N=C=O)(N=C=O)C(c1ccccc1)(c1ccccc1)c1ccccc1. The first kappa shape index (κ1) is 22.1. The van der Waals surface area contributed by atoms with Gasteiger partial charge in [0.05, 0.1) is 5.41 Å². The minimum atomic E-state index is -1.42. The fraction of sp³-hybridized carbons (Fsp3) is 0.259. The first-order valence-electron chi connectivity index (χ1n) is 10.6. The average molecular weight is 411 g/mol. The van der Waals surface area contributed by atoms with Gasteiger partial charge in [-0.15, -0.1) is 0 Å². The third kappa shape index (κ3) is 4.18. The molecule has 0 atom stereocenters. The number of nitrogens with zero attached hydrogens (tertiary/aromatic N) is 2. The molecular weight excluding hydrogens is 384 g/mol.